The molecule has 3 aromatic rings. The van der Waals surface area contributed by atoms with Gasteiger partial charge in [-0.05, 0) is 29.0 Å². The Hall–Kier alpha value is -2.83. The van der Waals surface area contributed by atoms with Crippen LogP contribution in [-0.4, -0.2) is 37.8 Å². The van der Waals surface area contributed by atoms with Crippen LogP contribution in [0.5, 0.6) is 0 Å². The highest BCUT2D eigenvalue weighted by Crippen LogP contribution is 2.17. The predicted octanol–water partition coefficient (Wildman–Crippen LogP) is 1.45. The molecule has 0 amide bonds. The Balaban J connectivity index is 1.96. The lowest BCUT2D eigenvalue weighted by molar-refractivity contribution is 0.0505. The molecular weight excluding hydrogens is 270 g/mol. The summed E-state index contributed by atoms with van der Waals surface area (Å²) in [4.78, 5) is 16.2. The average Bonchev–Trinajstić information content (AvgIpc) is 2.96. The van der Waals surface area contributed by atoms with Crippen LogP contribution < -0.4 is 0 Å². The summed E-state index contributed by atoms with van der Waals surface area (Å²) < 4.78 is 6.35. The molecule has 0 aliphatic carbocycles. The minimum Gasteiger partial charge on any atom is -0.460 e. The Morgan fingerprint density at radius 3 is 3.00 bits per heavy atom. The second-order valence-corrected chi connectivity index (χ2v) is 4.37. The topological polar surface area (TPSA) is 82.8 Å². The van der Waals surface area contributed by atoms with E-state index in [0.29, 0.717) is 6.54 Å². The van der Waals surface area contributed by atoms with Crippen molar-refractivity contribution in [2.45, 2.75) is 13.5 Å². The number of fused-ring (bicyclic) bond motifs is 1. The predicted molar refractivity (Wildman–Crippen MR) is 74.6 cm³/mol. The maximum atomic E-state index is 11.8. The van der Waals surface area contributed by atoms with Gasteiger partial charge in [0, 0.05) is 11.6 Å². The normalized spacial score (nSPS) is 10.7. The standard InChI is InChI=1S/C14H13N5O2/c1-2-21-14(20)13-16-17-18-19(13)9-11-6-3-5-10-7-4-8-15-12(10)11/h3-8H,2,9H2,1H3. The smallest absolute Gasteiger partial charge is 0.378 e. The monoisotopic (exact) mass is 283 g/mol. The zero-order chi connectivity index (χ0) is 14.7. The van der Waals surface area contributed by atoms with Gasteiger partial charge in [0.05, 0.1) is 18.7 Å². The molecule has 106 valence electrons. The fourth-order valence-corrected chi connectivity index (χ4v) is 2.11. The lowest BCUT2D eigenvalue weighted by Crippen LogP contribution is -2.15. The van der Waals surface area contributed by atoms with Gasteiger partial charge in [0.1, 0.15) is 0 Å². The molecule has 2 aromatic heterocycles. The second kappa shape index (κ2) is 5.66. The highest BCUT2D eigenvalue weighted by molar-refractivity contribution is 5.85. The zero-order valence-corrected chi connectivity index (χ0v) is 11.4. The molecule has 7 heteroatoms. The van der Waals surface area contributed by atoms with Gasteiger partial charge < -0.3 is 4.74 Å². The number of hydrogen-bond donors (Lipinski definition) is 0. The molecule has 0 atom stereocenters. The van der Waals surface area contributed by atoms with Gasteiger partial charge in [-0.25, -0.2) is 9.48 Å². The lowest BCUT2D eigenvalue weighted by Gasteiger charge is -2.07. The molecular formula is C14H13N5O2. The second-order valence-electron chi connectivity index (χ2n) is 4.37. The number of esters is 1. The summed E-state index contributed by atoms with van der Waals surface area (Å²) in [6.07, 6.45) is 1.73. The fourth-order valence-electron chi connectivity index (χ4n) is 2.11. The van der Waals surface area contributed by atoms with Crippen LogP contribution in [0.1, 0.15) is 23.1 Å². The van der Waals surface area contributed by atoms with Gasteiger partial charge in [0.15, 0.2) is 0 Å². The van der Waals surface area contributed by atoms with E-state index in [9.17, 15) is 4.79 Å². The Morgan fingerprint density at radius 1 is 1.29 bits per heavy atom. The van der Waals surface area contributed by atoms with E-state index in [2.05, 4.69) is 20.5 Å². The van der Waals surface area contributed by atoms with Crippen LogP contribution in [0.3, 0.4) is 0 Å². The van der Waals surface area contributed by atoms with E-state index < -0.39 is 5.97 Å². The van der Waals surface area contributed by atoms with E-state index in [4.69, 9.17) is 4.74 Å². The summed E-state index contributed by atoms with van der Waals surface area (Å²) in [6.45, 7) is 2.37. The highest BCUT2D eigenvalue weighted by Gasteiger charge is 2.17. The Morgan fingerprint density at radius 2 is 2.14 bits per heavy atom. The van der Waals surface area contributed by atoms with Gasteiger partial charge in [-0.15, -0.1) is 5.10 Å². The Labute approximate surface area is 120 Å². The number of carbonyl (C=O) groups excluding carboxylic acids is 1. The minimum atomic E-state index is -0.532. The van der Waals surface area contributed by atoms with E-state index in [-0.39, 0.29) is 12.4 Å². The molecule has 0 aliphatic rings. The number of pyridine rings is 1. The number of nitrogens with zero attached hydrogens (tertiary/aromatic N) is 5. The largest absolute Gasteiger partial charge is 0.460 e. The van der Waals surface area contributed by atoms with Crippen molar-refractivity contribution in [1.29, 1.82) is 0 Å². The van der Waals surface area contributed by atoms with E-state index in [1.165, 1.54) is 4.68 Å². The van der Waals surface area contributed by atoms with Gasteiger partial charge >= 0.3 is 5.97 Å². The van der Waals surface area contributed by atoms with Gasteiger partial charge in [-0.2, -0.15) is 0 Å². The van der Waals surface area contributed by atoms with Crippen molar-refractivity contribution < 1.29 is 9.53 Å². The molecule has 21 heavy (non-hydrogen) atoms. The molecule has 2 heterocycles. The minimum absolute atomic E-state index is 0.0878. The maximum absolute atomic E-state index is 11.8. The van der Waals surface area contributed by atoms with Crippen molar-refractivity contribution >= 4 is 16.9 Å². The molecule has 7 nitrogen and oxygen atoms in total. The van der Waals surface area contributed by atoms with Crippen molar-refractivity contribution in [1.82, 2.24) is 25.2 Å². The van der Waals surface area contributed by atoms with Crippen LogP contribution in [0, 0.1) is 0 Å². The first kappa shape index (κ1) is 13.2. The molecule has 0 aliphatic heterocycles. The summed E-state index contributed by atoms with van der Waals surface area (Å²) in [5, 5.41) is 12.1. The lowest BCUT2D eigenvalue weighted by atomic mass is 10.1. The van der Waals surface area contributed by atoms with Gasteiger partial charge in [0.25, 0.3) is 5.82 Å². The number of para-hydroxylation sites is 1. The van der Waals surface area contributed by atoms with Crippen molar-refractivity contribution in [2.24, 2.45) is 0 Å². The van der Waals surface area contributed by atoms with Crippen molar-refractivity contribution in [2.75, 3.05) is 6.61 Å². The highest BCUT2D eigenvalue weighted by atomic mass is 16.5. The Kier molecular flexibility index (Phi) is 3.55. The summed E-state index contributed by atoms with van der Waals surface area (Å²) in [6, 6.07) is 9.72. The molecule has 3 rings (SSSR count). The molecule has 0 bridgehead atoms. The van der Waals surface area contributed by atoms with E-state index >= 15 is 0 Å². The molecule has 0 radical (unpaired) electrons. The number of benzene rings is 1. The number of carbonyl (C=O) groups is 1. The third-order valence-electron chi connectivity index (χ3n) is 3.03. The molecule has 0 N–H and O–H groups in total. The zero-order valence-electron chi connectivity index (χ0n) is 11.4. The third kappa shape index (κ3) is 2.58. The summed E-state index contributed by atoms with van der Waals surface area (Å²) in [5.74, 6) is -0.444. The molecule has 0 spiro atoms. The van der Waals surface area contributed by atoms with E-state index in [0.717, 1.165) is 16.5 Å². The van der Waals surface area contributed by atoms with Crippen molar-refractivity contribution in [3.05, 3.63) is 47.9 Å². The summed E-state index contributed by atoms with van der Waals surface area (Å²) in [5.41, 5.74) is 1.80. The first-order chi connectivity index (χ1) is 10.3. The molecule has 0 saturated carbocycles. The first-order valence-corrected chi connectivity index (χ1v) is 6.55. The van der Waals surface area contributed by atoms with Gasteiger partial charge in [0.2, 0.25) is 0 Å². The van der Waals surface area contributed by atoms with Crippen LogP contribution >= 0.6 is 0 Å². The number of ether oxygens (including phenoxy) is 1. The number of aromatic nitrogens is 5. The van der Waals surface area contributed by atoms with E-state index in [1.807, 2.05) is 30.3 Å². The third-order valence-corrected chi connectivity index (χ3v) is 3.03. The Bertz CT molecular complexity index is 778. The van der Waals surface area contributed by atoms with Crippen LogP contribution in [0.2, 0.25) is 0 Å². The molecule has 0 saturated heterocycles. The summed E-state index contributed by atoms with van der Waals surface area (Å²) >= 11 is 0. The van der Waals surface area contributed by atoms with Crippen LogP contribution in [0.15, 0.2) is 36.5 Å². The number of rotatable bonds is 4. The fraction of sp³-hybridized carbons (Fsp3) is 0.214. The summed E-state index contributed by atoms with van der Waals surface area (Å²) in [7, 11) is 0. The van der Waals surface area contributed by atoms with Crippen LogP contribution in [-0.2, 0) is 11.3 Å². The van der Waals surface area contributed by atoms with E-state index in [1.54, 1.807) is 13.1 Å². The SMILES string of the molecule is CCOC(=O)c1nnnn1Cc1cccc2cccnc12. The van der Waals surface area contributed by atoms with Crippen molar-refractivity contribution in [3.8, 4) is 0 Å². The quantitative estimate of drug-likeness (QED) is 0.674. The van der Waals surface area contributed by atoms with Crippen LogP contribution in [0.25, 0.3) is 10.9 Å². The molecule has 0 fully saturated rings. The maximum Gasteiger partial charge on any atom is 0.378 e. The van der Waals surface area contributed by atoms with Gasteiger partial charge in [-0.3, -0.25) is 4.98 Å². The van der Waals surface area contributed by atoms with Crippen molar-refractivity contribution in [3.63, 3.8) is 0 Å². The number of hydrogen-bond acceptors (Lipinski definition) is 6. The molecule has 0 unspecified atom stereocenters. The molecule has 1 aromatic carbocycles. The number of tetrazole rings is 1. The first-order valence-electron chi connectivity index (χ1n) is 6.55. The van der Waals surface area contributed by atoms with Crippen LogP contribution in [0.4, 0.5) is 0 Å². The average molecular weight is 283 g/mol. The van der Waals surface area contributed by atoms with Gasteiger partial charge in [-0.1, -0.05) is 24.3 Å².